The number of nitrogens with zero attached hydrogens (tertiary/aromatic N) is 3. The zero-order chi connectivity index (χ0) is 22.2. The van der Waals surface area contributed by atoms with Gasteiger partial charge in [0.25, 0.3) is 5.56 Å². The Morgan fingerprint density at radius 1 is 1.09 bits per heavy atom. The van der Waals surface area contributed by atoms with E-state index in [2.05, 4.69) is 10.1 Å². The van der Waals surface area contributed by atoms with Gasteiger partial charge in [-0.15, -0.1) is 5.10 Å². The van der Waals surface area contributed by atoms with Gasteiger partial charge >= 0.3 is 0 Å². The molecule has 0 spiro atoms. The molecule has 0 saturated heterocycles. The molecule has 0 radical (unpaired) electrons. The summed E-state index contributed by atoms with van der Waals surface area (Å²) in [5.41, 5.74) is 0.455. The summed E-state index contributed by atoms with van der Waals surface area (Å²) in [6, 6.07) is 10.9. The van der Waals surface area contributed by atoms with Gasteiger partial charge in [-0.1, -0.05) is 23.5 Å². The van der Waals surface area contributed by atoms with Crippen molar-refractivity contribution in [2.75, 3.05) is 27.9 Å². The van der Waals surface area contributed by atoms with Crippen LogP contribution in [0.25, 0.3) is 11.0 Å². The average molecular weight is 453 g/mol. The highest BCUT2D eigenvalue weighted by Crippen LogP contribution is 2.38. The first kappa shape index (κ1) is 20.1. The first-order chi connectivity index (χ1) is 15.6. The van der Waals surface area contributed by atoms with Crippen LogP contribution < -0.4 is 33.8 Å². The average Bonchev–Trinajstić information content (AvgIpc) is 3.37. The largest absolute Gasteiger partial charge is 0.493 e. The number of thiazole rings is 1. The highest BCUT2D eigenvalue weighted by Gasteiger charge is 2.27. The number of benzene rings is 2. The maximum Gasteiger partial charge on any atom is 0.291 e. The van der Waals surface area contributed by atoms with E-state index in [-0.39, 0.29) is 12.2 Å². The van der Waals surface area contributed by atoms with Crippen LogP contribution in [-0.2, 0) is 0 Å². The third kappa shape index (κ3) is 3.38. The zero-order valence-corrected chi connectivity index (χ0v) is 18.3. The molecular weight excluding hydrogens is 434 g/mol. The van der Waals surface area contributed by atoms with Gasteiger partial charge in [0.1, 0.15) is 6.61 Å². The topological polar surface area (TPSA) is 93.4 Å². The summed E-state index contributed by atoms with van der Waals surface area (Å²) in [5, 5.41) is 4.38. The molecule has 164 valence electrons. The van der Waals surface area contributed by atoms with Gasteiger partial charge < -0.3 is 23.7 Å². The molecule has 1 aliphatic heterocycles. The molecule has 0 aliphatic carbocycles. The van der Waals surface area contributed by atoms with Crippen LogP contribution in [0.2, 0.25) is 0 Å². The van der Waals surface area contributed by atoms with Crippen LogP contribution in [-0.4, -0.2) is 42.5 Å². The number of fused-ring (bicyclic) bond motifs is 2. The minimum Gasteiger partial charge on any atom is -0.493 e. The molecule has 32 heavy (non-hydrogen) atoms. The number of rotatable bonds is 5. The van der Waals surface area contributed by atoms with Crippen molar-refractivity contribution >= 4 is 22.4 Å². The van der Waals surface area contributed by atoms with Crippen LogP contribution in [0.3, 0.4) is 0 Å². The van der Waals surface area contributed by atoms with E-state index in [0.29, 0.717) is 44.1 Å². The number of hydrogen-bond acceptors (Lipinski definition) is 9. The van der Waals surface area contributed by atoms with E-state index >= 15 is 0 Å². The van der Waals surface area contributed by atoms with E-state index in [1.165, 1.54) is 23.0 Å². The molecule has 2 aromatic carbocycles. The van der Waals surface area contributed by atoms with Crippen molar-refractivity contribution in [3.05, 3.63) is 62.7 Å². The van der Waals surface area contributed by atoms with Gasteiger partial charge in [0.2, 0.25) is 10.7 Å². The second kappa shape index (κ2) is 8.04. The maximum atomic E-state index is 12.9. The van der Waals surface area contributed by atoms with Gasteiger partial charge in [-0.3, -0.25) is 4.79 Å². The molecule has 3 heterocycles. The SMILES string of the molecule is COc1cc(/C=c2\sc3nc([C@H]4COc5ccccc5O4)nn3c2=O)cc(OC)c1OC. The highest BCUT2D eigenvalue weighted by molar-refractivity contribution is 7.15. The molecule has 2 aromatic heterocycles. The first-order valence-corrected chi connectivity index (χ1v) is 10.5. The Hall–Kier alpha value is -3.79. The minimum absolute atomic E-state index is 0.269. The van der Waals surface area contributed by atoms with Gasteiger partial charge in [-0.05, 0) is 35.9 Å². The Morgan fingerprint density at radius 3 is 2.47 bits per heavy atom. The zero-order valence-electron chi connectivity index (χ0n) is 17.5. The summed E-state index contributed by atoms with van der Waals surface area (Å²) >= 11 is 1.24. The fraction of sp³-hybridized carbons (Fsp3) is 0.227. The van der Waals surface area contributed by atoms with Crippen molar-refractivity contribution in [2.24, 2.45) is 0 Å². The Kier molecular flexibility index (Phi) is 5.06. The lowest BCUT2D eigenvalue weighted by Gasteiger charge is -2.24. The third-order valence-electron chi connectivity index (χ3n) is 4.98. The Bertz CT molecular complexity index is 1390. The van der Waals surface area contributed by atoms with E-state index < -0.39 is 6.10 Å². The second-order valence-corrected chi connectivity index (χ2v) is 7.91. The standard InChI is InChI=1S/C22H19N3O6S/c1-27-15-8-12(9-16(28-2)19(15)29-3)10-18-21(26)25-22(32-18)23-20(24-25)17-11-30-13-6-4-5-7-14(13)31-17/h4-10,17H,11H2,1-3H3/b18-10-/t17-/m1/s1. The number of ether oxygens (including phenoxy) is 5. The molecule has 0 amide bonds. The fourth-order valence-electron chi connectivity index (χ4n) is 3.47. The van der Waals surface area contributed by atoms with Crippen molar-refractivity contribution in [1.82, 2.24) is 14.6 Å². The van der Waals surface area contributed by atoms with Gasteiger partial charge in [-0.25, -0.2) is 0 Å². The Labute approximate surface area is 186 Å². The number of hydrogen-bond donors (Lipinski definition) is 0. The molecule has 0 saturated carbocycles. The lowest BCUT2D eigenvalue weighted by molar-refractivity contribution is 0.0852. The highest BCUT2D eigenvalue weighted by atomic mass is 32.1. The molecule has 1 atom stereocenters. The van der Waals surface area contributed by atoms with Crippen LogP contribution in [0.1, 0.15) is 17.5 Å². The summed E-state index contributed by atoms with van der Waals surface area (Å²) in [6.07, 6.45) is 1.25. The predicted molar refractivity (Wildman–Crippen MR) is 117 cm³/mol. The quantitative estimate of drug-likeness (QED) is 0.454. The van der Waals surface area contributed by atoms with Crippen LogP contribution in [0.4, 0.5) is 0 Å². The van der Waals surface area contributed by atoms with Crippen molar-refractivity contribution < 1.29 is 23.7 Å². The molecule has 0 N–H and O–H groups in total. The van der Waals surface area contributed by atoms with E-state index in [1.807, 2.05) is 24.3 Å². The molecular formula is C22H19N3O6S. The Morgan fingerprint density at radius 2 is 1.81 bits per heavy atom. The van der Waals surface area contributed by atoms with Crippen molar-refractivity contribution in [3.8, 4) is 28.7 Å². The summed E-state index contributed by atoms with van der Waals surface area (Å²) < 4.78 is 29.6. The molecule has 1 aliphatic rings. The molecule has 9 nitrogen and oxygen atoms in total. The molecule has 0 bridgehead atoms. The summed E-state index contributed by atoms with van der Waals surface area (Å²) in [7, 11) is 4.62. The predicted octanol–water partition coefficient (Wildman–Crippen LogP) is 2.24. The lowest BCUT2D eigenvalue weighted by atomic mass is 10.1. The van der Waals surface area contributed by atoms with Gasteiger partial charge in [0.15, 0.2) is 34.9 Å². The van der Waals surface area contributed by atoms with E-state index in [0.717, 1.165) is 5.56 Å². The van der Waals surface area contributed by atoms with E-state index in [4.69, 9.17) is 23.7 Å². The van der Waals surface area contributed by atoms with Crippen molar-refractivity contribution in [2.45, 2.75) is 6.10 Å². The molecule has 0 fully saturated rings. The van der Waals surface area contributed by atoms with Crippen LogP contribution in [0.15, 0.2) is 41.2 Å². The molecule has 0 unspecified atom stereocenters. The molecule has 5 rings (SSSR count). The second-order valence-electron chi connectivity index (χ2n) is 6.90. The molecule has 10 heteroatoms. The number of methoxy groups -OCH3 is 3. The summed E-state index contributed by atoms with van der Waals surface area (Å²) in [6.45, 7) is 0.271. The summed E-state index contributed by atoms with van der Waals surface area (Å²) in [5.74, 6) is 3.20. The minimum atomic E-state index is -0.487. The summed E-state index contributed by atoms with van der Waals surface area (Å²) in [4.78, 5) is 17.9. The number of para-hydroxylation sites is 2. The third-order valence-corrected chi connectivity index (χ3v) is 5.94. The fourth-order valence-corrected chi connectivity index (χ4v) is 4.38. The van der Waals surface area contributed by atoms with Crippen molar-refractivity contribution in [1.29, 1.82) is 0 Å². The van der Waals surface area contributed by atoms with Gasteiger partial charge in [-0.2, -0.15) is 9.50 Å². The van der Waals surface area contributed by atoms with Crippen LogP contribution in [0.5, 0.6) is 28.7 Å². The smallest absolute Gasteiger partial charge is 0.291 e. The van der Waals surface area contributed by atoms with Gasteiger partial charge in [0, 0.05) is 0 Å². The van der Waals surface area contributed by atoms with E-state index in [1.54, 1.807) is 32.4 Å². The van der Waals surface area contributed by atoms with Crippen molar-refractivity contribution in [3.63, 3.8) is 0 Å². The number of aromatic nitrogens is 3. The normalized spacial score (nSPS) is 15.7. The van der Waals surface area contributed by atoms with Crippen LogP contribution in [0, 0.1) is 0 Å². The van der Waals surface area contributed by atoms with Gasteiger partial charge in [0.05, 0.1) is 25.9 Å². The molecule has 4 aromatic rings. The van der Waals surface area contributed by atoms with E-state index in [9.17, 15) is 4.79 Å². The maximum absolute atomic E-state index is 12.9. The first-order valence-electron chi connectivity index (χ1n) is 9.71. The lowest BCUT2D eigenvalue weighted by Crippen LogP contribution is -2.26. The van der Waals surface area contributed by atoms with Crippen LogP contribution >= 0.6 is 11.3 Å². The Balaban J connectivity index is 1.50. The monoisotopic (exact) mass is 453 g/mol.